The molecule has 2 aliphatic rings. The number of rotatable bonds is 6. The van der Waals surface area contributed by atoms with Crippen molar-refractivity contribution in [1.29, 1.82) is 0 Å². The molecule has 174 valence electrons. The van der Waals surface area contributed by atoms with Crippen molar-refractivity contribution < 1.29 is 23.0 Å². The molecule has 2 fully saturated rings. The number of amides is 1. The van der Waals surface area contributed by atoms with Crippen molar-refractivity contribution in [2.45, 2.75) is 68.9 Å². The summed E-state index contributed by atoms with van der Waals surface area (Å²) in [6.45, 7) is 0.808. The molecule has 1 saturated heterocycles. The van der Waals surface area contributed by atoms with Gasteiger partial charge < -0.3 is 14.4 Å². The third-order valence-electron chi connectivity index (χ3n) is 6.92. The average Bonchev–Trinajstić information content (AvgIpc) is 3.33. The maximum atomic E-state index is 13.5. The molecule has 1 amide bonds. The molecule has 0 radical (unpaired) electrons. The number of carbonyl (C=O) groups is 1. The Balaban J connectivity index is 1.43. The van der Waals surface area contributed by atoms with Crippen LogP contribution in [0.25, 0.3) is 0 Å². The summed E-state index contributed by atoms with van der Waals surface area (Å²) < 4.78 is 38.3. The van der Waals surface area contributed by atoms with E-state index in [9.17, 15) is 13.6 Å². The molecule has 4 rings (SSSR count). The van der Waals surface area contributed by atoms with Gasteiger partial charge >= 0.3 is 6.09 Å². The van der Waals surface area contributed by atoms with E-state index >= 15 is 0 Å². The number of H-pyrrole nitrogens is 1. The van der Waals surface area contributed by atoms with E-state index < -0.39 is 12.5 Å². The van der Waals surface area contributed by atoms with Gasteiger partial charge in [-0.25, -0.2) is 13.6 Å². The van der Waals surface area contributed by atoms with Crippen LogP contribution in [0.5, 0.6) is 0 Å². The quantitative estimate of drug-likeness (QED) is 0.643. The molecule has 2 atom stereocenters. The Kier molecular flexibility index (Phi) is 7.40. The lowest BCUT2D eigenvalue weighted by Gasteiger charge is -2.41. The number of likely N-dealkylation sites (tertiary alicyclic amines) is 1. The molecule has 1 aliphatic carbocycles. The van der Waals surface area contributed by atoms with Crippen LogP contribution < -0.4 is 0 Å². The minimum Gasteiger partial charge on any atom is -0.453 e. The Morgan fingerprint density at radius 3 is 2.62 bits per heavy atom. The fourth-order valence-electron chi connectivity index (χ4n) is 5.23. The Morgan fingerprint density at radius 1 is 1.19 bits per heavy atom. The fraction of sp³-hybridized carbons (Fsp3) is 0.583. The number of carbonyl (C=O) groups excluding carboxylic acids is 1. The number of halogens is 2. The Bertz CT molecular complexity index is 868. The van der Waals surface area contributed by atoms with E-state index in [1.807, 2.05) is 6.07 Å². The van der Waals surface area contributed by atoms with Crippen molar-refractivity contribution in [3.8, 4) is 0 Å². The van der Waals surface area contributed by atoms with Crippen molar-refractivity contribution in [2.75, 3.05) is 20.3 Å². The molecule has 1 aromatic carbocycles. The first kappa shape index (κ1) is 22.7. The second kappa shape index (κ2) is 10.4. The zero-order valence-corrected chi connectivity index (χ0v) is 18.4. The summed E-state index contributed by atoms with van der Waals surface area (Å²) in [7, 11) is 1.34. The minimum atomic E-state index is -2.62. The normalized spacial score (nSPS) is 26.3. The third kappa shape index (κ3) is 4.95. The number of ether oxygens (including phenoxy) is 2. The number of nitrogens with one attached hydrogen (secondary N) is 1. The van der Waals surface area contributed by atoms with Crippen molar-refractivity contribution in [1.82, 2.24) is 15.1 Å². The van der Waals surface area contributed by atoms with E-state index in [0.29, 0.717) is 31.0 Å². The zero-order chi connectivity index (χ0) is 22.5. The molecule has 0 spiro atoms. The SMILES string of the molecule is COC(=O)N1CCC[C@H](c2n[nH]cc2C(F)F)[C@@H]1CO[C@H]1CC[C@@H](c2ccccc2)CC1. The fourth-order valence-corrected chi connectivity index (χ4v) is 5.23. The summed E-state index contributed by atoms with van der Waals surface area (Å²) in [5, 5.41) is 6.71. The second-order valence-electron chi connectivity index (χ2n) is 8.72. The van der Waals surface area contributed by atoms with Crippen LogP contribution in [0.4, 0.5) is 13.6 Å². The van der Waals surface area contributed by atoms with Crippen LogP contribution in [0.2, 0.25) is 0 Å². The molecular weight excluding hydrogens is 416 g/mol. The first-order chi connectivity index (χ1) is 15.6. The summed E-state index contributed by atoms with van der Waals surface area (Å²) in [6, 6.07) is 10.2. The summed E-state index contributed by atoms with van der Waals surface area (Å²) in [5.74, 6) is 0.224. The summed E-state index contributed by atoms with van der Waals surface area (Å²) >= 11 is 0. The average molecular weight is 448 g/mol. The molecule has 8 heteroatoms. The highest BCUT2D eigenvalue weighted by molar-refractivity contribution is 5.68. The van der Waals surface area contributed by atoms with Crippen LogP contribution in [-0.4, -0.2) is 53.6 Å². The lowest BCUT2D eigenvalue weighted by molar-refractivity contribution is -0.0245. The molecular formula is C24H31F2N3O3. The van der Waals surface area contributed by atoms with Gasteiger partial charge in [-0.3, -0.25) is 5.10 Å². The lowest BCUT2D eigenvalue weighted by Crippen LogP contribution is -2.50. The van der Waals surface area contributed by atoms with E-state index in [-0.39, 0.29) is 30.2 Å². The predicted octanol–water partition coefficient (Wildman–Crippen LogP) is 5.40. The maximum Gasteiger partial charge on any atom is 0.409 e. The first-order valence-electron chi connectivity index (χ1n) is 11.4. The van der Waals surface area contributed by atoms with Gasteiger partial charge in [0.25, 0.3) is 6.43 Å². The molecule has 1 saturated carbocycles. The van der Waals surface area contributed by atoms with Gasteiger partial charge in [0.2, 0.25) is 0 Å². The molecule has 1 aliphatic heterocycles. The van der Waals surface area contributed by atoms with Gasteiger partial charge in [0, 0.05) is 18.7 Å². The van der Waals surface area contributed by atoms with Crippen molar-refractivity contribution >= 4 is 6.09 Å². The lowest BCUT2D eigenvalue weighted by atomic mass is 9.82. The molecule has 0 unspecified atom stereocenters. The van der Waals surface area contributed by atoms with E-state index in [4.69, 9.17) is 9.47 Å². The first-order valence-corrected chi connectivity index (χ1v) is 11.4. The second-order valence-corrected chi connectivity index (χ2v) is 8.72. The topological polar surface area (TPSA) is 67.5 Å². The highest BCUT2D eigenvalue weighted by atomic mass is 19.3. The molecule has 1 aromatic heterocycles. The van der Waals surface area contributed by atoms with E-state index in [2.05, 4.69) is 34.5 Å². The number of methoxy groups -OCH3 is 1. The number of hydrogen-bond acceptors (Lipinski definition) is 4. The number of aromatic nitrogens is 2. The van der Waals surface area contributed by atoms with Gasteiger partial charge in [0.1, 0.15) is 0 Å². The van der Waals surface area contributed by atoms with Gasteiger partial charge in [-0.2, -0.15) is 5.10 Å². The smallest absolute Gasteiger partial charge is 0.409 e. The van der Waals surface area contributed by atoms with E-state index in [1.54, 1.807) is 4.90 Å². The molecule has 0 bridgehead atoms. The van der Waals surface area contributed by atoms with Gasteiger partial charge in [-0.15, -0.1) is 0 Å². The third-order valence-corrected chi connectivity index (χ3v) is 6.92. The number of nitrogens with zero attached hydrogens (tertiary/aromatic N) is 2. The molecule has 6 nitrogen and oxygen atoms in total. The highest BCUT2D eigenvalue weighted by Gasteiger charge is 2.39. The van der Waals surface area contributed by atoms with Gasteiger partial charge in [-0.1, -0.05) is 30.3 Å². The van der Waals surface area contributed by atoms with E-state index in [0.717, 1.165) is 25.7 Å². The largest absolute Gasteiger partial charge is 0.453 e. The van der Waals surface area contributed by atoms with Crippen LogP contribution in [0.3, 0.4) is 0 Å². The van der Waals surface area contributed by atoms with E-state index in [1.165, 1.54) is 18.9 Å². The van der Waals surface area contributed by atoms with Gasteiger partial charge in [0.05, 0.1) is 37.1 Å². The predicted molar refractivity (Wildman–Crippen MR) is 116 cm³/mol. The monoisotopic (exact) mass is 447 g/mol. The van der Waals surface area contributed by atoms with Crippen LogP contribution in [-0.2, 0) is 9.47 Å². The summed E-state index contributed by atoms with van der Waals surface area (Å²) in [5.41, 5.74) is 1.60. The van der Waals surface area contributed by atoms with Crippen molar-refractivity contribution in [2.24, 2.45) is 0 Å². The minimum absolute atomic E-state index is 0.102. The van der Waals surface area contributed by atoms with Gasteiger partial charge in [-0.05, 0) is 50.0 Å². The standard InChI is InChI=1S/C24H31F2N3O3/c1-31-24(30)29-13-5-8-19(22-20(23(25)26)14-27-28-22)21(29)15-32-18-11-9-17(10-12-18)16-6-3-2-4-7-16/h2-4,6-7,14,17-19,21,23H,5,8-13,15H2,1H3,(H,27,28)/t17-,18+,19-,21-/m0/s1. The van der Waals surface area contributed by atoms with Crippen molar-refractivity contribution in [3.63, 3.8) is 0 Å². The Labute approximate surface area is 187 Å². The number of alkyl halides is 2. The molecule has 2 heterocycles. The summed E-state index contributed by atoms with van der Waals surface area (Å²) in [4.78, 5) is 14.1. The van der Waals surface area contributed by atoms with Crippen LogP contribution in [0.15, 0.2) is 36.5 Å². The number of hydrogen-bond donors (Lipinski definition) is 1. The van der Waals surface area contributed by atoms with Crippen LogP contribution >= 0.6 is 0 Å². The highest BCUT2D eigenvalue weighted by Crippen LogP contribution is 2.38. The zero-order valence-electron chi connectivity index (χ0n) is 18.4. The number of piperidine rings is 1. The van der Waals surface area contributed by atoms with Crippen LogP contribution in [0, 0.1) is 0 Å². The molecule has 2 aromatic rings. The van der Waals surface area contributed by atoms with Crippen LogP contribution in [0.1, 0.15) is 73.6 Å². The number of benzene rings is 1. The van der Waals surface area contributed by atoms with Gasteiger partial charge in [0.15, 0.2) is 0 Å². The summed E-state index contributed by atoms with van der Waals surface area (Å²) in [6.07, 6.45) is 3.65. The Hall–Kier alpha value is -2.48. The Morgan fingerprint density at radius 2 is 1.94 bits per heavy atom. The maximum absolute atomic E-state index is 13.5. The van der Waals surface area contributed by atoms with Crippen molar-refractivity contribution in [3.05, 3.63) is 53.3 Å². The molecule has 32 heavy (non-hydrogen) atoms. The number of aromatic amines is 1. The molecule has 1 N–H and O–H groups in total.